The molecule has 162 valence electrons. The van der Waals surface area contributed by atoms with Crippen LogP contribution in [0.4, 0.5) is 0 Å². The van der Waals surface area contributed by atoms with Gasteiger partial charge in [0.1, 0.15) is 0 Å². The maximum Gasteiger partial charge on any atom is 0.234 e. The second-order valence-electron chi connectivity index (χ2n) is 8.13. The van der Waals surface area contributed by atoms with Crippen molar-refractivity contribution >= 4 is 22.7 Å². The Morgan fingerprint density at radius 1 is 0.935 bits per heavy atom. The zero-order valence-electron chi connectivity index (χ0n) is 17.8. The molecule has 0 saturated carbocycles. The summed E-state index contributed by atoms with van der Waals surface area (Å²) in [5, 5.41) is 4.21. The number of aromatic nitrogens is 1. The second kappa shape index (κ2) is 10.3. The van der Waals surface area contributed by atoms with Gasteiger partial charge in [-0.3, -0.25) is 14.5 Å². The van der Waals surface area contributed by atoms with Gasteiger partial charge in [-0.25, -0.2) is 0 Å². The summed E-state index contributed by atoms with van der Waals surface area (Å²) >= 11 is 0. The fourth-order valence-corrected chi connectivity index (χ4v) is 4.14. The van der Waals surface area contributed by atoms with Crippen LogP contribution in [0.1, 0.15) is 24.0 Å². The van der Waals surface area contributed by atoms with Gasteiger partial charge in [0.2, 0.25) is 11.8 Å². The summed E-state index contributed by atoms with van der Waals surface area (Å²) < 4.78 is 0. The van der Waals surface area contributed by atoms with E-state index in [-0.39, 0.29) is 11.8 Å². The minimum Gasteiger partial charge on any atom is -0.361 e. The number of hydrogen-bond acceptors (Lipinski definition) is 3. The summed E-state index contributed by atoms with van der Waals surface area (Å²) in [5.74, 6) is 0.246. The number of piperazine rings is 1. The van der Waals surface area contributed by atoms with Crippen LogP contribution in [-0.4, -0.2) is 59.3 Å². The number of para-hydroxylation sites is 1. The van der Waals surface area contributed by atoms with Crippen molar-refractivity contribution in [1.29, 1.82) is 0 Å². The number of H-pyrrole nitrogens is 1. The third-order valence-corrected chi connectivity index (χ3v) is 5.94. The average molecular weight is 419 g/mol. The molecule has 3 aromatic rings. The molecule has 31 heavy (non-hydrogen) atoms. The first kappa shape index (κ1) is 21.1. The van der Waals surface area contributed by atoms with Gasteiger partial charge in [0.15, 0.2) is 0 Å². The Bertz CT molecular complexity index is 1010. The number of aromatic amines is 1. The van der Waals surface area contributed by atoms with Gasteiger partial charge in [-0.15, -0.1) is 0 Å². The number of aryl methyl sites for hydroxylation is 1. The molecule has 1 aliphatic heterocycles. The summed E-state index contributed by atoms with van der Waals surface area (Å²) in [6, 6.07) is 18.2. The normalized spacial score (nSPS) is 14.6. The molecule has 2 N–H and O–H groups in total. The maximum atomic E-state index is 12.6. The predicted octanol–water partition coefficient (Wildman–Crippen LogP) is 2.95. The number of nitrogens with one attached hydrogen (secondary N) is 2. The molecule has 2 amide bonds. The van der Waals surface area contributed by atoms with Crippen molar-refractivity contribution in [2.75, 3.05) is 32.7 Å². The van der Waals surface area contributed by atoms with E-state index in [0.29, 0.717) is 32.6 Å². The van der Waals surface area contributed by atoms with Crippen LogP contribution in [0.2, 0.25) is 0 Å². The van der Waals surface area contributed by atoms with E-state index in [0.717, 1.165) is 37.0 Å². The van der Waals surface area contributed by atoms with Crippen LogP contribution >= 0.6 is 0 Å². The first-order valence-corrected chi connectivity index (χ1v) is 11.0. The van der Waals surface area contributed by atoms with Crippen molar-refractivity contribution in [3.05, 3.63) is 71.9 Å². The minimum atomic E-state index is 0.0300. The quantitative estimate of drug-likeness (QED) is 0.591. The van der Waals surface area contributed by atoms with Gasteiger partial charge < -0.3 is 15.2 Å². The molecule has 1 fully saturated rings. The highest BCUT2D eigenvalue weighted by atomic mass is 16.2. The molecule has 0 spiro atoms. The lowest BCUT2D eigenvalue weighted by Crippen LogP contribution is -2.51. The van der Waals surface area contributed by atoms with E-state index in [1.54, 1.807) is 0 Å². The lowest BCUT2D eigenvalue weighted by Gasteiger charge is -2.34. The third-order valence-electron chi connectivity index (χ3n) is 5.94. The number of carbonyl (C=O) groups excluding carboxylic acids is 2. The van der Waals surface area contributed by atoms with E-state index < -0.39 is 0 Å². The molecule has 6 heteroatoms. The van der Waals surface area contributed by atoms with Crippen molar-refractivity contribution in [3.63, 3.8) is 0 Å². The van der Waals surface area contributed by atoms with Crippen molar-refractivity contribution < 1.29 is 9.59 Å². The summed E-state index contributed by atoms with van der Waals surface area (Å²) in [6.45, 7) is 3.81. The molecule has 0 unspecified atom stereocenters. The van der Waals surface area contributed by atoms with Crippen LogP contribution < -0.4 is 5.32 Å². The molecule has 0 radical (unpaired) electrons. The molecule has 1 aliphatic rings. The summed E-state index contributed by atoms with van der Waals surface area (Å²) in [7, 11) is 0. The SMILES string of the molecule is O=C(CN1CCN(C(=O)CCCc2c[nH]c3ccccc23)CC1)NCc1ccccc1. The average Bonchev–Trinajstić information content (AvgIpc) is 3.22. The van der Waals surface area contributed by atoms with Gasteiger partial charge in [0.05, 0.1) is 6.54 Å². The second-order valence-corrected chi connectivity index (χ2v) is 8.13. The zero-order chi connectivity index (χ0) is 21.5. The van der Waals surface area contributed by atoms with Crippen LogP contribution in [0.3, 0.4) is 0 Å². The van der Waals surface area contributed by atoms with E-state index in [1.165, 1.54) is 10.9 Å². The largest absolute Gasteiger partial charge is 0.361 e. The topological polar surface area (TPSA) is 68.4 Å². The number of nitrogens with zero attached hydrogens (tertiary/aromatic N) is 2. The number of rotatable bonds is 8. The smallest absolute Gasteiger partial charge is 0.234 e. The lowest BCUT2D eigenvalue weighted by molar-refractivity contribution is -0.133. The summed E-state index contributed by atoms with van der Waals surface area (Å²) in [4.78, 5) is 32.2. The molecular formula is C25H30N4O2. The molecule has 0 bridgehead atoms. The number of carbonyl (C=O) groups is 2. The van der Waals surface area contributed by atoms with E-state index in [4.69, 9.17) is 0 Å². The minimum absolute atomic E-state index is 0.0300. The fraction of sp³-hybridized carbons (Fsp3) is 0.360. The highest BCUT2D eigenvalue weighted by Crippen LogP contribution is 2.19. The van der Waals surface area contributed by atoms with E-state index in [1.807, 2.05) is 47.4 Å². The van der Waals surface area contributed by atoms with Gasteiger partial charge >= 0.3 is 0 Å². The molecule has 2 aromatic carbocycles. The van der Waals surface area contributed by atoms with Gasteiger partial charge in [-0.1, -0.05) is 48.5 Å². The van der Waals surface area contributed by atoms with E-state index in [9.17, 15) is 9.59 Å². The number of amides is 2. The van der Waals surface area contributed by atoms with Crippen molar-refractivity contribution in [2.45, 2.75) is 25.8 Å². The first-order valence-electron chi connectivity index (χ1n) is 11.0. The number of benzene rings is 2. The molecule has 1 aromatic heterocycles. The molecule has 2 heterocycles. The van der Waals surface area contributed by atoms with Crippen LogP contribution in [0.15, 0.2) is 60.8 Å². The fourth-order valence-electron chi connectivity index (χ4n) is 4.14. The predicted molar refractivity (Wildman–Crippen MR) is 123 cm³/mol. The molecule has 4 rings (SSSR count). The van der Waals surface area contributed by atoms with Crippen LogP contribution in [0, 0.1) is 0 Å². The van der Waals surface area contributed by atoms with Crippen LogP contribution in [0.5, 0.6) is 0 Å². The Hall–Kier alpha value is -3.12. The molecule has 6 nitrogen and oxygen atoms in total. The summed E-state index contributed by atoms with van der Waals surface area (Å²) in [5.41, 5.74) is 3.52. The Kier molecular flexibility index (Phi) is 6.99. The van der Waals surface area contributed by atoms with Gasteiger partial charge in [0, 0.05) is 56.2 Å². The molecule has 0 aliphatic carbocycles. The Morgan fingerprint density at radius 3 is 2.48 bits per heavy atom. The van der Waals surface area contributed by atoms with E-state index >= 15 is 0 Å². The first-order chi connectivity index (χ1) is 15.2. The van der Waals surface area contributed by atoms with Crippen molar-refractivity contribution in [2.24, 2.45) is 0 Å². The van der Waals surface area contributed by atoms with E-state index in [2.05, 4.69) is 33.5 Å². The zero-order valence-corrected chi connectivity index (χ0v) is 17.8. The van der Waals surface area contributed by atoms with Gasteiger partial charge in [0.25, 0.3) is 0 Å². The van der Waals surface area contributed by atoms with Gasteiger partial charge in [-0.2, -0.15) is 0 Å². The Morgan fingerprint density at radius 2 is 1.68 bits per heavy atom. The number of fused-ring (bicyclic) bond motifs is 1. The standard InChI is InChI=1S/C25H30N4O2/c30-24(27-17-20-7-2-1-3-8-20)19-28-13-15-29(16-14-28)25(31)12-6-9-21-18-26-23-11-5-4-10-22(21)23/h1-5,7-8,10-11,18,26H,6,9,12-17,19H2,(H,27,30). The molecule has 1 saturated heterocycles. The van der Waals surface area contributed by atoms with Crippen LogP contribution in [0.25, 0.3) is 10.9 Å². The monoisotopic (exact) mass is 418 g/mol. The Balaban J connectivity index is 1.14. The number of hydrogen-bond donors (Lipinski definition) is 2. The molecular weight excluding hydrogens is 388 g/mol. The lowest BCUT2D eigenvalue weighted by atomic mass is 10.1. The maximum absolute atomic E-state index is 12.6. The van der Waals surface area contributed by atoms with Gasteiger partial charge in [-0.05, 0) is 30.0 Å². The van der Waals surface area contributed by atoms with Crippen molar-refractivity contribution in [1.82, 2.24) is 20.1 Å². The highest BCUT2D eigenvalue weighted by Gasteiger charge is 2.22. The third kappa shape index (κ3) is 5.73. The Labute approximate surface area is 183 Å². The summed E-state index contributed by atoms with van der Waals surface area (Å²) in [6.07, 6.45) is 4.37. The highest BCUT2D eigenvalue weighted by molar-refractivity contribution is 5.83. The van der Waals surface area contributed by atoms with Crippen molar-refractivity contribution in [3.8, 4) is 0 Å². The molecule has 0 atom stereocenters. The van der Waals surface area contributed by atoms with Crippen LogP contribution in [-0.2, 0) is 22.6 Å².